The van der Waals surface area contributed by atoms with E-state index in [4.69, 9.17) is 4.74 Å². The molecule has 1 fully saturated rings. The van der Waals surface area contributed by atoms with Gasteiger partial charge in [-0.3, -0.25) is 0 Å². The first kappa shape index (κ1) is 17.1. The van der Waals surface area contributed by atoms with Crippen LogP contribution in [0.4, 0.5) is 13.6 Å². The van der Waals surface area contributed by atoms with Crippen molar-refractivity contribution in [2.24, 2.45) is 0 Å². The Kier molecular flexibility index (Phi) is 4.46. The molecule has 2 aromatic rings. The molecular weight excluding hydrogens is 344 g/mol. The number of fused-ring (bicyclic) bond motifs is 1. The molecule has 2 aliphatic heterocycles. The summed E-state index contributed by atoms with van der Waals surface area (Å²) in [7, 11) is 0. The van der Waals surface area contributed by atoms with Crippen LogP contribution in [0, 0.1) is 11.6 Å². The Hall–Kier alpha value is -2.32. The van der Waals surface area contributed by atoms with E-state index in [-0.39, 0.29) is 18.7 Å². The number of benzene rings is 1. The Bertz CT molecular complexity index is 844. The smallest absolute Gasteiger partial charge is 0.344 e. The summed E-state index contributed by atoms with van der Waals surface area (Å²) in [4.78, 5) is 14.6. The summed E-state index contributed by atoms with van der Waals surface area (Å²) in [5, 5.41) is 14.1. The van der Waals surface area contributed by atoms with E-state index in [1.807, 2.05) is 0 Å². The van der Waals surface area contributed by atoms with Gasteiger partial charge in [0.15, 0.2) is 11.6 Å². The number of hydrogen-bond donors (Lipinski definition) is 1. The highest BCUT2D eigenvalue weighted by atomic mass is 19.2. The van der Waals surface area contributed by atoms with Gasteiger partial charge in [-0.25, -0.2) is 13.6 Å². The van der Waals surface area contributed by atoms with Crippen LogP contribution in [0.25, 0.3) is 11.3 Å². The van der Waals surface area contributed by atoms with Gasteiger partial charge in [-0.1, -0.05) is 0 Å². The minimum atomic E-state index is -0.959. The Labute approximate surface area is 149 Å². The number of piperidine rings is 1. The van der Waals surface area contributed by atoms with Gasteiger partial charge in [-0.05, 0) is 31.0 Å². The van der Waals surface area contributed by atoms with Crippen LogP contribution in [0.1, 0.15) is 24.1 Å². The molecule has 8 heteroatoms. The van der Waals surface area contributed by atoms with E-state index in [9.17, 15) is 18.7 Å². The summed E-state index contributed by atoms with van der Waals surface area (Å²) in [6.07, 6.45) is 1.22. The normalized spacial score (nSPS) is 18.0. The van der Waals surface area contributed by atoms with Crippen LogP contribution in [-0.2, 0) is 17.8 Å². The molecule has 0 unspecified atom stereocenters. The van der Waals surface area contributed by atoms with Gasteiger partial charge in [0.2, 0.25) is 0 Å². The maximum atomic E-state index is 13.7. The summed E-state index contributed by atoms with van der Waals surface area (Å²) in [6, 6.07) is 3.32. The van der Waals surface area contributed by atoms with Crippen LogP contribution in [0.5, 0.6) is 0 Å². The third-order valence-electron chi connectivity index (χ3n) is 4.93. The summed E-state index contributed by atoms with van der Waals surface area (Å²) < 4.78 is 33.7. The molecule has 26 heavy (non-hydrogen) atoms. The lowest BCUT2D eigenvalue weighted by Crippen LogP contribution is -2.43. The first-order chi connectivity index (χ1) is 12.5. The Morgan fingerprint density at radius 3 is 2.73 bits per heavy atom. The van der Waals surface area contributed by atoms with Crippen molar-refractivity contribution in [1.82, 2.24) is 14.7 Å². The number of amides is 1. The fraction of sp³-hybridized carbons (Fsp3) is 0.444. The Balaban J connectivity index is 1.73. The second-order valence-electron chi connectivity index (χ2n) is 6.62. The third kappa shape index (κ3) is 2.99. The monoisotopic (exact) mass is 363 g/mol. The third-order valence-corrected chi connectivity index (χ3v) is 4.93. The Morgan fingerprint density at radius 2 is 2.00 bits per heavy atom. The summed E-state index contributed by atoms with van der Waals surface area (Å²) in [5.74, 6) is -1.89. The number of aliphatic hydroxyl groups is 1. The van der Waals surface area contributed by atoms with Gasteiger partial charge in [0, 0.05) is 30.6 Å². The molecule has 6 nitrogen and oxygen atoms in total. The van der Waals surface area contributed by atoms with Crippen LogP contribution in [-0.4, -0.2) is 51.6 Å². The largest absolute Gasteiger partial charge is 0.393 e. The van der Waals surface area contributed by atoms with Crippen LogP contribution < -0.4 is 0 Å². The highest BCUT2D eigenvalue weighted by Crippen LogP contribution is 2.30. The molecular formula is C18H19F2N3O3. The zero-order chi connectivity index (χ0) is 18.3. The number of ether oxygens (including phenoxy) is 1. The zero-order valence-electron chi connectivity index (χ0n) is 14.1. The van der Waals surface area contributed by atoms with E-state index in [1.165, 1.54) is 10.7 Å². The lowest BCUT2D eigenvalue weighted by atomic mass is 10.0. The number of nitrogens with zero attached hydrogens (tertiary/aromatic N) is 3. The summed E-state index contributed by atoms with van der Waals surface area (Å²) in [6.45, 7) is 1.68. The molecule has 1 N–H and O–H groups in total. The molecule has 0 atom stereocenters. The van der Waals surface area contributed by atoms with Crippen molar-refractivity contribution in [2.45, 2.75) is 32.0 Å². The minimum absolute atomic E-state index is 0.260. The van der Waals surface area contributed by atoms with Crippen LogP contribution in [0.15, 0.2) is 18.2 Å². The predicted octanol–water partition coefficient (Wildman–Crippen LogP) is 2.33. The number of carbonyl (C=O) groups is 1. The molecule has 0 saturated carbocycles. The molecule has 1 aromatic carbocycles. The molecule has 0 spiro atoms. The van der Waals surface area contributed by atoms with Crippen LogP contribution in [0.2, 0.25) is 0 Å². The van der Waals surface area contributed by atoms with Crippen molar-refractivity contribution in [2.75, 3.05) is 19.7 Å². The molecule has 1 amide bonds. The standard InChI is InChI=1S/C18H19F2N3O3/c19-14-2-1-11(9-15(14)20)17-13-10-26-8-5-16(13)23(21-17)18(25)22-6-3-12(24)4-7-22/h1-2,9,12,24H,3-8,10H2. The van der Waals surface area contributed by atoms with Gasteiger partial charge in [-0.15, -0.1) is 0 Å². The molecule has 0 aliphatic carbocycles. The first-order valence-electron chi connectivity index (χ1n) is 8.66. The fourth-order valence-electron chi connectivity index (χ4n) is 3.46. The van der Waals surface area contributed by atoms with Crippen LogP contribution >= 0.6 is 0 Å². The van der Waals surface area contributed by atoms with E-state index in [2.05, 4.69) is 5.10 Å². The van der Waals surface area contributed by atoms with E-state index >= 15 is 0 Å². The summed E-state index contributed by atoms with van der Waals surface area (Å²) >= 11 is 0. The Morgan fingerprint density at radius 1 is 1.23 bits per heavy atom. The maximum absolute atomic E-state index is 13.7. The van der Waals surface area contributed by atoms with E-state index in [0.717, 1.165) is 23.4 Å². The van der Waals surface area contributed by atoms with Gasteiger partial charge in [0.05, 0.1) is 30.7 Å². The lowest BCUT2D eigenvalue weighted by Gasteiger charge is -2.29. The second-order valence-corrected chi connectivity index (χ2v) is 6.62. The molecule has 1 aromatic heterocycles. The van der Waals surface area contributed by atoms with Crippen molar-refractivity contribution in [3.63, 3.8) is 0 Å². The molecule has 0 radical (unpaired) electrons. The molecule has 4 rings (SSSR count). The van der Waals surface area contributed by atoms with Crippen molar-refractivity contribution in [3.05, 3.63) is 41.1 Å². The molecule has 2 aliphatic rings. The second kappa shape index (κ2) is 6.77. The molecule has 3 heterocycles. The van der Waals surface area contributed by atoms with Gasteiger partial charge in [0.25, 0.3) is 0 Å². The number of likely N-dealkylation sites (tertiary alicyclic amines) is 1. The minimum Gasteiger partial charge on any atom is -0.393 e. The van der Waals surface area contributed by atoms with Crippen molar-refractivity contribution >= 4 is 6.03 Å². The quantitative estimate of drug-likeness (QED) is 0.844. The number of halogens is 2. The van der Waals surface area contributed by atoms with Gasteiger partial charge >= 0.3 is 6.03 Å². The molecule has 1 saturated heterocycles. The maximum Gasteiger partial charge on any atom is 0.344 e. The number of aliphatic hydroxyl groups excluding tert-OH is 1. The predicted molar refractivity (Wildman–Crippen MR) is 88.5 cm³/mol. The topological polar surface area (TPSA) is 67.6 Å². The molecule has 0 bridgehead atoms. The SMILES string of the molecule is O=C(N1CCC(O)CC1)n1nc(-c2ccc(F)c(F)c2)c2c1CCOC2. The highest BCUT2D eigenvalue weighted by Gasteiger charge is 2.29. The molecule has 138 valence electrons. The number of hydrogen-bond acceptors (Lipinski definition) is 4. The van der Waals surface area contributed by atoms with Gasteiger partial charge < -0.3 is 14.7 Å². The van der Waals surface area contributed by atoms with Crippen LogP contribution in [0.3, 0.4) is 0 Å². The number of aromatic nitrogens is 2. The van der Waals surface area contributed by atoms with E-state index in [0.29, 0.717) is 50.2 Å². The average Bonchev–Trinajstić information content (AvgIpc) is 3.04. The number of carbonyl (C=O) groups excluding carboxylic acids is 1. The van der Waals surface area contributed by atoms with E-state index < -0.39 is 11.6 Å². The first-order valence-corrected chi connectivity index (χ1v) is 8.66. The van der Waals surface area contributed by atoms with Gasteiger partial charge in [0.1, 0.15) is 0 Å². The van der Waals surface area contributed by atoms with Crippen molar-refractivity contribution in [1.29, 1.82) is 0 Å². The fourth-order valence-corrected chi connectivity index (χ4v) is 3.46. The number of rotatable bonds is 1. The lowest BCUT2D eigenvalue weighted by molar-refractivity contribution is 0.0917. The van der Waals surface area contributed by atoms with E-state index in [1.54, 1.807) is 4.90 Å². The van der Waals surface area contributed by atoms with Gasteiger partial charge in [-0.2, -0.15) is 9.78 Å². The summed E-state index contributed by atoms with van der Waals surface area (Å²) in [5.41, 5.74) is 2.31. The zero-order valence-corrected chi connectivity index (χ0v) is 14.1. The highest BCUT2D eigenvalue weighted by molar-refractivity contribution is 5.79. The van der Waals surface area contributed by atoms with Crippen molar-refractivity contribution in [3.8, 4) is 11.3 Å². The average molecular weight is 363 g/mol. The van der Waals surface area contributed by atoms with Crippen molar-refractivity contribution < 1.29 is 23.4 Å².